The standard InChI is InChI=1S/C79H153NO5/c1-3-5-7-9-11-13-15-17-19-21-40-43-47-51-55-59-63-67-71-77(82)76(75-81)80-78(83)72-68-64-60-56-52-48-44-41-37-35-33-31-29-27-25-23-22-24-26-28-30-32-34-36-38-42-46-50-54-58-62-66-70-74-85-79(84)73-69-65-61-57-53-49-45-39-20-18-16-14-12-10-8-6-4-2/h18,20,67,71,76-77,81-82H,3-17,19,21-66,68-70,72-75H2,1-2H3,(H,80,83)/b20-18-,71-67+. The van der Waals surface area contributed by atoms with Crippen molar-refractivity contribution in [2.75, 3.05) is 13.2 Å². The fraction of sp³-hybridized carbons (Fsp3) is 0.924. The fourth-order valence-corrected chi connectivity index (χ4v) is 12.5. The number of unbranched alkanes of at least 4 members (excludes halogenated alkanes) is 61. The van der Waals surface area contributed by atoms with Crippen LogP contribution in [0.3, 0.4) is 0 Å². The summed E-state index contributed by atoms with van der Waals surface area (Å²) in [5.74, 6) is -0.0401. The van der Waals surface area contributed by atoms with E-state index in [-0.39, 0.29) is 18.5 Å². The molecule has 0 aromatic carbocycles. The van der Waals surface area contributed by atoms with Gasteiger partial charge in [0.25, 0.3) is 0 Å². The van der Waals surface area contributed by atoms with Crippen LogP contribution in [0.1, 0.15) is 444 Å². The Morgan fingerprint density at radius 3 is 0.835 bits per heavy atom. The topological polar surface area (TPSA) is 95.9 Å². The van der Waals surface area contributed by atoms with E-state index in [1.54, 1.807) is 6.08 Å². The molecule has 0 spiro atoms. The van der Waals surface area contributed by atoms with Crippen molar-refractivity contribution >= 4 is 11.9 Å². The Bertz CT molecular complexity index is 1330. The molecule has 0 aliphatic heterocycles. The highest BCUT2D eigenvalue weighted by Crippen LogP contribution is 2.20. The van der Waals surface area contributed by atoms with E-state index in [0.29, 0.717) is 19.4 Å². The number of carbonyl (C=O) groups is 2. The van der Waals surface area contributed by atoms with Crippen molar-refractivity contribution in [3.05, 3.63) is 24.3 Å². The average molecular weight is 1200 g/mol. The number of ether oxygens (including phenoxy) is 1. The highest BCUT2D eigenvalue weighted by atomic mass is 16.5. The molecule has 0 radical (unpaired) electrons. The van der Waals surface area contributed by atoms with Gasteiger partial charge in [0.05, 0.1) is 25.4 Å². The van der Waals surface area contributed by atoms with Crippen LogP contribution in [-0.2, 0) is 14.3 Å². The van der Waals surface area contributed by atoms with Crippen LogP contribution in [0.25, 0.3) is 0 Å². The number of rotatable bonds is 74. The first-order chi connectivity index (χ1) is 42.0. The molecule has 1 amide bonds. The summed E-state index contributed by atoms with van der Waals surface area (Å²) in [4.78, 5) is 24.6. The Hall–Kier alpha value is -1.66. The van der Waals surface area contributed by atoms with Gasteiger partial charge in [-0.1, -0.05) is 398 Å². The van der Waals surface area contributed by atoms with Gasteiger partial charge in [0.15, 0.2) is 0 Å². The summed E-state index contributed by atoms with van der Waals surface area (Å²) < 4.78 is 5.51. The normalized spacial score (nSPS) is 12.6. The molecule has 0 heterocycles. The minimum absolute atomic E-state index is 0.0190. The van der Waals surface area contributed by atoms with E-state index in [4.69, 9.17) is 4.74 Å². The molecule has 0 fully saturated rings. The molecule has 0 aliphatic rings. The maximum Gasteiger partial charge on any atom is 0.305 e. The first-order valence-corrected chi connectivity index (χ1v) is 39.1. The number of nitrogens with one attached hydrogen (secondary N) is 1. The molecule has 0 aliphatic carbocycles. The SMILES string of the molecule is CCCCCCCC/C=C\CCCCCCCCCC(=O)OCCCCCCCCCCCCCCCCCCCCCCCCCCCCCCCCCCCC(=O)NC(CO)C(O)/C=C/CCCCCCCCCCCCCCCCCC. The maximum atomic E-state index is 12.5. The van der Waals surface area contributed by atoms with E-state index in [2.05, 4.69) is 31.3 Å². The Morgan fingerprint density at radius 2 is 0.553 bits per heavy atom. The van der Waals surface area contributed by atoms with Crippen molar-refractivity contribution in [1.29, 1.82) is 0 Å². The van der Waals surface area contributed by atoms with Crippen LogP contribution >= 0.6 is 0 Å². The zero-order valence-corrected chi connectivity index (χ0v) is 57.9. The third-order valence-corrected chi connectivity index (χ3v) is 18.5. The lowest BCUT2D eigenvalue weighted by atomic mass is 10.0. The summed E-state index contributed by atoms with van der Waals surface area (Å²) >= 11 is 0. The number of amides is 1. The van der Waals surface area contributed by atoms with Gasteiger partial charge in [-0.2, -0.15) is 0 Å². The number of aliphatic hydroxyl groups is 2. The molecule has 0 bridgehead atoms. The van der Waals surface area contributed by atoms with Gasteiger partial charge < -0.3 is 20.3 Å². The summed E-state index contributed by atoms with van der Waals surface area (Å²) in [5, 5.41) is 23.2. The number of carbonyl (C=O) groups excluding carboxylic acids is 2. The lowest BCUT2D eigenvalue weighted by Crippen LogP contribution is -2.45. The first kappa shape index (κ1) is 83.3. The lowest BCUT2D eigenvalue weighted by molar-refractivity contribution is -0.143. The fourth-order valence-electron chi connectivity index (χ4n) is 12.5. The number of aliphatic hydroxyl groups excluding tert-OH is 2. The first-order valence-electron chi connectivity index (χ1n) is 39.1. The molecule has 2 unspecified atom stereocenters. The molecule has 0 saturated heterocycles. The number of allylic oxidation sites excluding steroid dienone is 3. The predicted molar refractivity (Wildman–Crippen MR) is 375 cm³/mol. The average Bonchev–Trinajstić information content (AvgIpc) is 3.51. The molecule has 2 atom stereocenters. The largest absolute Gasteiger partial charge is 0.466 e. The monoisotopic (exact) mass is 1200 g/mol. The van der Waals surface area contributed by atoms with Crippen LogP contribution < -0.4 is 5.32 Å². The second-order valence-electron chi connectivity index (χ2n) is 27.0. The van der Waals surface area contributed by atoms with Crippen molar-refractivity contribution in [3.8, 4) is 0 Å². The zero-order chi connectivity index (χ0) is 61.3. The minimum Gasteiger partial charge on any atom is -0.466 e. The summed E-state index contributed by atoms with van der Waals surface area (Å²) in [6.45, 7) is 4.95. The molecule has 0 aromatic heterocycles. The van der Waals surface area contributed by atoms with Gasteiger partial charge in [0, 0.05) is 12.8 Å². The van der Waals surface area contributed by atoms with Gasteiger partial charge in [0.1, 0.15) is 0 Å². The van der Waals surface area contributed by atoms with Crippen LogP contribution in [0.2, 0.25) is 0 Å². The molecule has 504 valence electrons. The van der Waals surface area contributed by atoms with Crippen LogP contribution in [0.4, 0.5) is 0 Å². The van der Waals surface area contributed by atoms with Crippen molar-refractivity contribution in [2.45, 2.75) is 456 Å². The van der Waals surface area contributed by atoms with Gasteiger partial charge >= 0.3 is 5.97 Å². The molecule has 85 heavy (non-hydrogen) atoms. The van der Waals surface area contributed by atoms with Gasteiger partial charge in [0.2, 0.25) is 5.91 Å². The third-order valence-electron chi connectivity index (χ3n) is 18.5. The van der Waals surface area contributed by atoms with Gasteiger partial charge in [-0.15, -0.1) is 0 Å². The van der Waals surface area contributed by atoms with Crippen molar-refractivity contribution in [2.24, 2.45) is 0 Å². The molecule has 0 saturated carbocycles. The van der Waals surface area contributed by atoms with E-state index >= 15 is 0 Å². The van der Waals surface area contributed by atoms with E-state index < -0.39 is 12.1 Å². The van der Waals surface area contributed by atoms with Gasteiger partial charge in [-0.3, -0.25) is 9.59 Å². The second-order valence-corrected chi connectivity index (χ2v) is 27.0. The summed E-state index contributed by atoms with van der Waals surface area (Å²) in [6, 6.07) is -0.624. The van der Waals surface area contributed by atoms with Crippen molar-refractivity contribution < 1.29 is 24.5 Å². The van der Waals surface area contributed by atoms with Gasteiger partial charge in [-0.05, 0) is 57.8 Å². The van der Waals surface area contributed by atoms with Crippen LogP contribution in [0.5, 0.6) is 0 Å². The second kappa shape index (κ2) is 74.8. The summed E-state index contributed by atoms with van der Waals surface area (Å²) in [6.07, 6.45) is 95.8. The number of hydrogen-bond acceptors (Lipinski definition) is 5. The van der Waals surface area contributed by atoms with E-state index in [9.17, 15) is 19.8 Å². The minimum atomic E-state index is -0.841. The Kier molecular flexibility index (Phi) is 73.3. The quantitative estimate of drug-likeness (QED) is 0.0320. The Morgan fingerprint density at radius 1 is 0.318 bits per heavy atom. The Labute approximate surface area is 532 Å². The molecule has 0 rings (SSSR count). The van der Waals surface area contributed by atoms with Crippen LogP contribution in [-0.4, -0.2) is 47.4 Å². The number of esters is 1. The van der Waals surface area contributed by atoms with Gasteiger partial charge in [-0.25, -0.2) is 0 Å². The molecule has 6 heteroatoms. The molecular weight excluding hydrogens is 1040 g/mol. The van der Waals surface area contributed by atoms with E-state index in [0.717, 1.165) is 38.5 Å². The predicted octanol–water partition coefficient (Wildman–Crippen LogP) is 25.7. The van der Waals surface area contributed by atoms with Crippen LogP contribution in [0.15, 0.2) is 24.3 Å². The smallest absolute Gasteiger partial charge is 0.305 e. The summed E-state index contributed by atoms with van der Waals surface area (Å²) in [7, 11) is 0. The van der Waals surface area contributed by atoms with Crippen LogP contribution in [0, 0.1) is 0 Å². The summed E-state index contributed by atoms with van der Waals surface area (Å²) in [5.41, 5.74) is 0. The van der Waals surface area contributed by atoms with Crippen molar-refractivity contribution in [3.63, 3.8) is 0 Å². The number of hydrogen-bond donors (Lipinski definition) is 3. The van der Waals surface area contributed by atoms with Crippen molar-refractivity contribution in [1.82, 2.24) is 5.32 Å². The molecule has 0 aromatic rings. The highest BCUT2D eigenvalue weighted by molar-refractivity contribution is 5.76. The molecule has 3 N–H and O–H groups in total. The third kappa shape index (κ3) is 71.3. The highest BCUT2D eigenvalue weighted by Gasteiger charge is 2.18. The molecule has 6 nitrogen and oxygen atoms in total. The van der Waals surface area contributed by atoms with E-state index in [1.165, 1.54) is 379 Å². The maximum absolute atomic E-state index is 12.5. The zero-order valence-electron chi connectivity index (χ0n) is 57.9. The Balaban J connectivity index is 3.33. The van der Waals surface area contributed by atoms with E-state index in [1.807, 2.05) is 6.08 Å². The lowest BCUT2D eigenvalue weighted by Gasteiger charge is -2.20. The molecular formula is C79H153NO5.